The first-order valence-corrected chi connectivity index (χ1v) is 29.4. The second kappa shape index (κ2) is 35.5. The number of phenolic OH excluding ortho intramolecular Hbond substituents is 1. The lowest BCUT2D eigenvalue weighted by Gasteiger charge is -2.31. The summed E-state index contributed by atoms with van der Waals surface area (Å²) < 4.78 is 0. The van der Waals surface area contributed by atoms with Crippen molar-refractivity contribution in [3.63, 3.8) is 0 Å². The van der Waals surface area contributed by atoms with Gasteiger partial charge in [-0.25, -0.2) is 0 Å². The predicted octanol–water partition coefficient (Wildman–Crippen LogP) is -6.38. The molecule has 0 aromatic heterocycles. The van der Waals surface area contributed by atoms with E-state index >= 15 is 0 Å². The minimum atomic E-state index is -1.90. The summed E-state index contributed by atoms with van der Waals surface area (Å²) in [6, 6.07) is 1.17. The molecule has 2 fully saturated rings. The molecular weight excluding hydrogens is 1150 g/mol. The fourth-order valence-electron chi connectivity index (χ4n) is 8.60. The van der Waals surface area contributed by atoms with Gasteiger partial charge >= 0.3 is 5.97 Å². The topological polar surface area (TPSA) is 507 Å². The van der Waals surface area contributed by atoms with Crippen LogP contribution >= 0.6 is 21.6 Å². The van der Waals surface area contributed by atoms with E-state index in [0.29, 0.717) is 24.0 Å². The van der Waals surface area contributed by atoms with Crippen LogP contribution in [0.1, 0.15) is 62.5 Å². The van der Waals surface area contributed by atoms with Crippen LogP contribution in [0.5, 0.6) is 5.75 Å². The number of rotatable bonds is 25. The van der Waals surface area contributed by atoms with Crippen LogP contribution in [-0.2, 0) is 80.0 Å². The lowest BCUT2D eigenvalue weighted by atomic mass is 10.0. The Morgan fingerprint density at radius 3 is 1.85 bits per heavy atom. The lowest BCUT2D eigenvalue weighted by Crippen LogP contribution is -2.61. The summed E-state index contributed by atoms with van der Waals surface area (Å²) in [5.41, 5.74) is 22.6. The highest BCUT2D eigenvalue weighted by atomic mass is 33.1. The normalized spacial score (nSPS) is 21.2. The molecule has 2 aromatic carbocycles. The van der Waals surface area contributed by atoms with Crippen molar-refractivity contribution in [3.8, 4) is 5.75 Å². The average Bonchev–Trinajstić information content (AvgIpc) is 4.23. The van der Waals surface area contributed by atoms with Crippen LogP contribution < -0.4 is 76.1 Å². The number of primary amides is 2. The molecular formula is C52H73N15O16S2. The Labute approximate surface area is 495 Å². The van der Waals surface area contributed by atoms with E-state index in [0.717, 1.165) is 26.5 Å². The molecule has 31 nitrogen and oxygen atoms in total. The Morgan fingerprint density at radius 2 is 1.22 bits per heavy atom. The number of carboxylic acids is 1. The van der Waals surface area contributed by atoms with E-state index in [4.69, 9.17) is 22.9 Å². The van der Waals surface area contributed by atoms with Gasteiger partial charge in [0.1, 0.15) is 54.1 Å². The van der Waals surface area contributed by atoms with Gasteiger partial charge in [0.15, 0.2) is 0 Å². The Balaban J connectivity index is 1.81. The van der Waals surface area contributed by atoms with Crippen molar-refractivity contribution in [2.45, 2.75) is 113 Å². The average molecular weight is 1230 g/mol. The summed E-state index contributed by atoms with van der Waals surface area (Å²) in [5, 5.41) is 44.3. The molecule has 85 heavy (non-hydrogen) atoms. The van der Waals surface area contributed by atoms with Crippen LogP contribution in [-0.4, -0.2) is 197 Å². The highest BCUT2D eigenvalue weighted by molar-refractivity contribution is 8.76. The van der Waals surface area contributed by atoms with Crippen molar-refractivity contribution in [1.82, 2.24) is 58.1 Å². The van der Waals surface area contributed by atoms with E-state index in [1.54, 1.807) is 30.3 Å². The number of nitrogens with zero attached hydrogens (tertiary/aromatic N) is 1. The van der Waals surface area contributed by atoms with Crippen molar-refractivity contribution in [1.29, 1.82) is 0 Å². The first-order chi connectivity index (χ1) is 40.5. The van der Waals surface area contributed by atoms with Crippen LogP contribution in [0.3, 0.4) is 0 Å². The third-order valence-corrected chi connectivity index (χ3v) is 15.4. The molecule has 2 aliphatic heterocycles. The van der Waals surface area contributed by atoms with Crippen LogP contribution in [0.4, 0.5) is 0 Å². The van der Waals surface area contributed by atoms with E-state index in [1.165, 1.54) is 24.3 Å². The second-order valence-electron chi connectivity index (χ2n) is 19.6. The number of carbonyl (C=O) groups excluding carboxylic acids is 13. The van der Waals surface area contributed by atoms with Crippen molar-refractivity contribution >= 4 is 104 Å². The number of phenols is 1. The van der Waals surface area contributed by atoms with E-state index < -0.39 is 182 Å². The largest absolute Gasteiger partial charge is 0.508 e. The minimum absolute atomic E-state index is 0.0619. The number of hydrogen-bond donors (Lipinski definition) is 16. The van der Waals surface area contributed by atoms with Gasteiger partial charge in [-0.3, -0.25) is 67.1 Å². The molecule has 0 aliphatic carbocycles. The highest BCUT2D eigenvalue weighted by Gasteiger charge is 2.41. The Morgan fingerprint density at radius 1 is 0.647 bits per heavy atom. The molecule has 0 saturated carbocycles. The summed E-state index contributed by atoms with van der Waals surface area (Å²) in [4.78, 5) is 189. The monoisotopic (exact) mass is 1230 g/mol. The molecule has 8 atom stereocenters. The van der Waals surface area contributed by atoms with Gasteiger partial charge in [0.05, 0.1) is 32.6 Å². The van der Waals surface area contributed by atoms with E-state index in [2.05, 4.69) is 53.2 Å². The van der Waals surface area contributed by atoms with Gasteiger partial charge in [-0.05, 0) is 68.3 Å². The van der Waals surface area contributed by atoms with Crippen molar-refractivity contribution in [2.75, 3.05) is 50.8 Å². The maximum absolute atomic E-state index is 14.8. The lowest BCUT2D eigenvalue weighted by molar-refractivity contribution is -0.142. The Kier molecular flexibility index (Phi) is 28.8. The number of unbranched alkanes of at least 4 members (excludes halogenated alkanes) is 1. The first-order valence-electron chi connectivity index (χ1n) is 27.0. The number of carboxylic acid groups (broad SMARTS) is 1. The molecule has 2 saturated heterocycles. The SMILES string of the molecule is NCCCC[C@H](NC(=O)[C@@H]1CCCN1C(=O)[C@@H]1CSSC[C@H](NC(=O)CNC(=O)CNC(=O)CN)C(=O)N[C@@H](Cc2ccc(O)cc2)C(=O)N[C@@H](Cc2ccccc2)C(=O)N[C@@H](CCC(=O)O)C(=O)N[C@@H](CC(N)=O)C(=O)N1)C(=O)NCC(N)=O. The minimum Gasteiger partial charge on any atom is -0.508 e. The van der Waals surface area contributed by atoms with E-state index in [9.17, 15) is 77.3 Å². The molecule has 464 valence electrons. The first kappa shape index (κ1) is 68.9. The number of aromatic hydroxyl groups is 1. The van der Waals surface area contributed by atoms with Crippen LogP contribution in [0.25, 0.3) is 0 Å². The zero-order chi connectivity index (χ0) is 62.6. The number of amides is 13. The maximum atomic E-state index is 14.8. The van der Waals surface area contributed by atoms with Gasteiger partial charge in [0.2, 0.25) is 76.8 Å². The summed E-state index contributed by atoms with van der Waals surface area (Å²) in [6.45, 7) is -2.05. The van der Waals surface area contributed by atoms with Gasteiger partial charge in [-0.2, -0.15) is 0 Å². The molecule has 2 aromatic rings. The van der Waals surface area contributed by atoms with Crippen LogP contribution in [0.15, 0.2) is 54.6 Å². The number of aliphatic carboxylic acids is 1. The zero-order valence-electron chi connectivity index (χ0n) is 46.2. The molecule has 0 spiro atoms. The summed E-state index contributed by atoms with van der Waals surface area (Å²) in [7, 11) is 1.71. The van der Waals surface area contributed by atoms with Gasteiger partial charge < -0.3 is 91.2 Å². The summed E-state index contributed by atoms with van der Waals surface area (Å²) in [5.74, 6) is -14.6. The molecule has 2 heterocycles. The molecule has 2 aliphatic rings. The second-order valence-corrected chi connectivity index (χ2v) is 22.2. The van der Waals surface area contributed by atoms with Crippen molar-refractivity contribution in [3.05, 3.63) is 65.7 Å². The molecule has 20 N–H and O–H groups in total. The standard InChI is InChI=1S/C52H73N15O16S2/c53-17-5-4-9-31(45(76)59-23-40(56)70)62-51(82)38-10-6-18-67(38)52(83)37-27-85-84-26-36(60-43(73)25-58-42(72)24-57-41(71)22-54)50(81)64-34(20-29-11-13-30(68)14-12-29)48(79)63-33(19-28-7-2-1-3-8-28)47(78)61-32(15-16-44(74)75)46(77)65-35(21-39(55)69)49(80)66-37/h1-3,7-8,11-14,31-38,68H,4-6,9-10,15-27,53-54H2,(H2,55,69)(H2,56,70)(H,57,71)(H,58,72)(H,59,76)(H,60,73)(H,61,78)(H,62,82)(H,63,79)(H,64,81)(H,65,77)(H,66,80)(H,74,75)/t31-,32-,33-,34-,35-,36-,37-,38-/m0/s1. The van der Waals surface area contributed by atoms with Crippen molar-refractivity contribution < 1.29 is 77.3 Å². The van der Waals surface area contributed by atoms with Gasteiger partial charge in [0.25, 0.3) is 0 Å². The highest BCUT2D eigenvalue weighted by Crippen LogP contribution is 2.26. The number of likely N-dealkylation sites (tertiary alicyclic amines) is 1. The molecule has 33 heteroatoms. The summed E-state index contributed by atoms with van der Waals surface area (Å²) in [6.07, 6.45) is -1.57. The third-order valence-electron chi connectivity index (χ3n) is 13.0. The van der Waals surface area contributed by atoms with Crippen LogP contribution in [0, 0.1) is 0 Å². The summed E-state index contributed by atoms with van der Waals surface area (Å²) >= 11 is 0. The third kappa shape index (κ3) is 24.3. The van der Waals surface area contributed by atoms with E-state index in [1.807, 2.05) is 0 Å². The van der Waals surface area contributed by atoms with Gasteiger partial charge in [-0.15, -0.1) is 0 Å². The molecule has 13 amide bonds. The number of benzene rings is 2. The number of carbonyl (C=O) groups is 14. The smallest absolute Gasteiger partial charge is 0.303 e. The fourth-order valence-corrected chi connectivity index (χ4v) is 10.9. The Bertz CT molecular complexity index is 2730. The predicted molar refractivity (Wildman–Crippen MR) is 306 cm³/mol. The maximum Gasteiger partial charge on any atom is 0.303 e. The number of nitrogens with two attached hydrogens (primary N) is 4. The number of hydrogen-bond acceptors (Lipinski definition) is 19. The van der Waals surface area contributed by atoms with Crippen molar-refractivity contribution in [2.24, 2.45) is 22.9 Å². The van der Waals surface area contributed by atoms with Gasteiger partial charge in [-0.1, -0.05) is 64.1 Å². The Hall–Kier alpha value is -8.56. The van der Waals surface area contributed by atoms with E-state index in [-0.39, 0.29) is 56.7 Å². The molecule has 0 radical (unpaired) electrons. The quantitative estimate of drug-likeness (QED) is 0.0325. The zero-order valence-corrected chi connectivity index (χ0v) is 47.9. The molecule has 4 rings (SSSR count). The van der Waals surface area contributed by atoms with Crippen LogP contribution in [0.2, 0.25) is 0 Å². The molecule has 0 unspecified atom stereocenters. The van der Waals surface area contributed by atoms with Gasteiger partial charge in [0, 0.05) is 37.3 Å². The molecule has 0 bridgehead atoms. The fraction of sp³-hybridized carbons (Fsp3) is 0.500. The number of nitrogens with one attached hydrogen (secondary N) is 10.